The van der Waals surface area contributed by atoms with Crippen LogP contribution < -0.4 is 5.76 Å². The lowest BCUT2D eigenvalue weighted by atomic mass is 10.1. The van der Waals surface area contributed by atoms with E-state index < -0.39 is 16.5 Å². The highest BCUT2D eigenvalue weighted by Gasteiger charge is 2.15. The number of nitriles is 1. The van der Waals surface area contributed by atoms with Gasteiger partial charge in [0, 0.05) is 6.07 Å². The summed E-state index contributed by atoms with van der Waals surface area (Å²) in [5.74, 6) is -1.27. The Morgan fingerprint density at radius 1 is 1.30 bits per heavy atom. The second-order valence-corrected chi connectivity index (χ2v) is 4.78. The molecule has 0 bridgehead atoms. The van der Waals surface area contributed by atoms with E-state index in [4.69, 9.17) is 9.68 Å². The lowest BCUT2D eigenvalue weighted by Crippen LogP contribution is -2.15. The number of nitro benzene ring substituents is 1. The highest BCUT2D eigenvalue weighted by molar-refractivity contribution is 5.76. The Labute approximate surface area is 127 Å². The number of aromatic nitrogens is 1. The largest absolute Gasteiger partial charge is 0.420 e. The van der Waals surface area contributed by atoms with E-state index in [1.165, 1.54) is 22.8 Å². The van der Waals surface area contributed by atoms with Gasteiger partial charge in [0.1, 0.15) is 5.82 Å². The molecule has 23 heavy (non-hydrogen) atoms. The average molecular weight is 313 g/mol. The van der Waals surface area contributed by atoms with Crippen LogP contribution in [0.25, 0.3) is 11.1 Å². The van der Waals surface area contributed by atoms with E-state index in [-0.39, 0.29) is 23.4 Å². The molecule has 7 nitrogen and oxygen atoms in total. The Bertz CT molecular complexity index is 1030. The number of nitrogens with zero attached hydrogens (tertiary/aromatic N) is 3. The number of nitro groups is 1. The van der Waals surface area contributed by atoms with Gasteiger partial charge in [-0.15, -0.1) is 0 Å². The number of halogens is 1. The van der Waals surface area contributed by atoms with Crippen LogP contribution in [0.4, 0.5) is 10.1 Å². The summed E-state index contributed by atoms with van der Waals surface area (Å²) < 4.78 is 19.6. The predicted molar refractivity (Wildman–Crippen MR) is 77.3 cm³/mol. The van der Waals surface area contributed by atoms with Crippen molar-refractivity contribution >= 4 is 16.8 Å². The molecule has 0 atom stereocenters. The van der Waals surface area contributed by atoms with Crippen molar-refractivity contribution < 1.29 is 13.7 Å². The minimum Gasteiger partial charge on any atom is -0.407 e. The topological polar surface area (TPSA) is 102 Å². The molecule has 2 aromatic carbocycles. The van der Waals surface area contributed by atoms with E-state index >= 15 is 0 Å². The van der Waals surface area contributed by atoms with Gasteiger partial charge in [0.25, 0.3) is 5.69 Å². The van der Waals surface area contributed by atoms with Crippen molar-refractivity contribution in [1.82, 2.24) is 4.57 Å². The fraction of sp³-hybridized carbons (Fsp3) is 0.0667. The molecule has 114 valence electrons. The van der Waals surface area contributed by atoms with Crippen LogP contribution in [-0.2, 0) is 6.54 Å². The molecule has 8 heteroatoms. The standard InChI is InChI=1S/C15H8FN3O4/c16-11-2-1-9(7-17)10(5-11)8-18-13-4-3-12(19(21)22)6-14(13)23-15(18)20/h1-6H,8H2. The highest BCUT2D eigenvalue weighted by Crippen LogP contribution is 2.21. The van der Waals surface area contributed by atoms with E-state index in [0.29, 0.717) is 11.1 Å². The van der Waals surface area contributed by atoms with Crippen LogP contribution in [0.1, 0.15) is 11.1 Å². The molecule has 0 unspecified atom stereocenters. The highest BCUT2D eigenvalue weighted by atomic mass is 19.1. The third-order valence-electron chi connectivity index (χ3n) is 3.38. The fourth-order valence-electron chi connectivity index (χ4n) is 2.29. The molecule has 1 heterocycles. The number of oxazole rings is 1. The van der Waals surface area contributed by atoms with Crippen LogP contribution in [0.15, 0.2) is 45.6 Å². The zero-order chi connectivity index (χ0) is 16.6. The molecule has 0 saturated carbocycles. The van der Waals surface area contributed by atoms with Crippen molar-refractivity contribution in [2.75, 3.05) is 0 Å². The van der Waals surface area contributed by atoms with E-state index in [2.05, 4.69) is 0 Å². The molecule has 0 aliphatic carbocycles. The summed E-state index contributed by atoms with van der Waals surface area (Å²) in [4.78, 5) is 22.1. The summed E-state index contributed by atoms with van der Waals surface area (Å²) in [6, 6.07) is 9.33. The van der Waals surface area contributed by atoms with Crippen molar-refractivity contribution in [3.8, 4) is 6.07 Å². The monoisotopic (exact) mass is 313 g/mol. The molecule has 0 spiro atoms. The average Bonchev–Trinajstić information content (AvgIpc) is 2.82. The second-order valence-electron chi connectivity index (χ2n) is 4.78. The first-order chi connectivity index (χ1) is 11.0. The quantitative estimate of drug-likeness (QED) is 0.546. The molecule has 0 fully saturated rings. The Kier molecular flexibility index (Phi) is 3.38. The van der Waals surface area contributed by atoms with Crippen LogP contribution in [0.5, 0.6) is 0 Å². The first-order valence-electron chi connectivity index (χ1n) is 6.46. The van der Waals surface area contributed by atoms with Gasteiger partial charge in [-0.1, -0.05) is 0 Å². The molecule has 3 rings (SSSR count). The van der Waals surface area contributed by atoms with Crippen LogP contribution >= 0.6 is 0 Å². The van der Waals surface area contributed by atoms with Crippen LogP contribution in [0.2, 0.25) is 0 Å². The Morgan fingerprint density at radius 3 is 2.78 bits per heavy atom. The van der Waals surface area contributed by atoms with Crippen molar-refractivity contribution in [3.63, 3.8) is 0 Å². The third kappa shape index (κ3) is 2.55. The Balaban J connectivity index is 2.13. The van der Waals surface area contributed by atoms with Crippen LogP contribution in [0, 0.1) is 27.3 Å². The number of fused-ring (bicyclic) bond motifs is 1. The summed E-state index contributed by atoms with van der Waals surface area (Å²) in [5, 5.41) is 19.8. The molecule has 0 amide bonds. The fourth-order valence-corrected chi connectivity index (χ4v) is 2.29. The Morgan fingerprint density at radius 2 is 2.09 bits per heavy atom. The maximum Gasteiger partial charge on any atom is 0.420 e. The lowest BCUT2D eigenvalue weighted by Gasteiger charge is -2.05. The molecular weight excluding hydrogens is 305 g/mol. The van der Waals surface area contributed by atoms with E-state index in [1.807, 2.05) is 6.07 Å². The maximum atomic E-state index is 13.4. The number of hydrogen-bond donors (Lipinski definition) is 0. The van der Waals surface area contributed by atoms with Gasteiger partial charge in [0.15, 0.2) is 5.58 Å². The number of benzene rings is 2. The summed E-state index contributed by atoms with van der Waals surface area (Å²) in [5.41, 5.74) is 0.722. The van der Waals surface area contributed by atoms with Gasteiger partial charge in [-0.3, -0.25) is 14.7 Å². The van der Waals surface area contributed by atoms with Gasteiger partial charge < -0.3 is 4.42 Å². The molecule has 1 aromatic heterocycles. The smallest absolute Gasteiger partial charge is 0.407 e. The molecule has 0 aliphatic heterocycles. The summed E-state index contributed by atoms with van der Waals surface area (Å²) in [6.07, 6.45) is 0. The number of rotatable bonds is 3. The lowest BCUT2D eigenvalue weighted by molar-refractivity contribution is -0.384. The molecule has 0 saturated heterocycles. The Hall–Kier alpha value is -3.47. The second kappa shape index (κ2) is 5.38. The van der Waals surface area contributed by atoms with E-state index in [1.54, 1.807) is 0 Å². The van der Waals surface area contributed by atoms with Crippen molar-refractivity contribution in [2.45, 2.75) is 6.54 Å². The summed E-state index contributed by atoms with van der Waals surface area (Å²) in [6.45, 7) is -0.0791. The van der Waals surface area contributed by atoms with E-state index in [0.717, 1.165) is 18.2 Å². The zero-order valence-corrected chi connectivity index (χ0v) is 11.5. The third-order valence-corrected chi connectivity index (χ3v) is 3.38. The zero-order valence-electron chi connectivity index (χ0n) is 11.5. The van der Waals surface area contributed by atoms with Crippen LogP contribution in [0.3, 0.4) is 0 Å². The minimum atomic E-state index is -0.742. The molecule has 0 radical (unpaired) electrons. The molecule has 0 aliphatic rings. The van der Waals surface area contributed by atoms with Crippen LogP contribution in [-0.4, -0.2) is 9.49 Å². The van der Waals surface area contributed by atoms with Gasteiger partial charge in [0.2, 0.25) is 0 Å². The van der Waals surface area contributed by atoms with Crippen molar-refractivity contribution in [1.29, 1.82) is 5.26 Å². The van der Waals surface area contributed by atoms with Gasteiger partial charge in [-0.2, -0.15) is 5.26 Å². The number of non-ortho nitro benzene ring substituents is 1. The van der Waals surface area contributed by atoms with Crippen molar-refractivity contribution in [2.24, 2.45) is 0 Å². The normalized spacial score (nSPS) is 10.6. The van der Waals surface area contributed by atoms with Gasteiger partial charge in [-0.05, 0) is 29.8 Å². The molecule has 0 N–H and O–H groups in total. The van der Waals surface area contributed by atoms with Gasteiger partial charge in [0.05, 0.1) is 34.7 Å². The summed E-state index contributed by atoms with van der Waals surface area (Å²) >= 11 is 0. The van der Waals surface area contributed by atoms with Crippen molar-refractivity contribution in [3.05, 3.63) is 74.0 Å². The van der Waals surface area contributed by atoms with Gasteiger partial charge in [-0.25, -0.2) is 9.18 Å². The SMILES string of the molecule is N#Cc1ccc(F)cc1Cn1c(=O)oc2cc([N+](=O)[O-])ccc21. The molecule has 3 aromatic rings. The first-order valence-corrected chi connectivity index (χ1v) is 6.46. The predicted octanol–water partition coefficient (Wildman–Crippen LogP) is 2.56. The molecular formula is C15H8FN3O4. The van der Waals surface area contributed by atoms with Gasteiger partial charge >= 0.3 is 5.76 Å². The van der Waals surface area contributed by atoms with E-state index in [9.17, 15) is 19.3 Å². The minimum absolute atomic E-state index is 0.0547. The maximum absolute atomic E-state index is 13.4. The summed E-state index contributed by atoms with van der Waals surface area (Å²) in [7, 11) is 0. The number of hydrogen-bond acceptors (Lipinski definition) is 5. The first kappa shape index (κ1) is 14.5.